The van der Waals surface area contributed by atoms with Crippen LogP contribution in [0.1, 0.15) is 25.7 Å². The summed E-state index contributed by atoms with van der Waals surface area (Å²) < 4.78 is 5.35. The quantitative estimate of drug-likeness (QED) is 0.744. The van der Waals surface area contributed by atoms with Crippen molar-refractivity contribution in [2.45, 2.75) is 31.8 Å². The van der Waals surface area contributed by atoms with Crippen molar-refractivity contribution in [3.63, 3.8) is 0 Å². The van der Waals surface area contributed by atoms with Crippen LogP contribution in [-0.2, 0) is 4.79 Å². The van der Waals surface area contributed by atoms with Gasteiger partial charge in [-0.15, -0.1) is 4.73 Å². The molecule has 0 bridgehead atoms. The smallest absolute Gasteiger partial charge is 0.298 e. The minimum Gasteiger partial charge on any atom is -0.492 e. The molecule has 6 heteroatoms. The fraction of sp³-hybridized carbons (Fsp3) is 0.500. The molecular formula is C10H13NO5. The van der Waals surface area contributed by atoms with Crippen LogP contribution in [0.5, 0.6) is 17.5 Å². The van der Waals surface area contributed by atoms with Crippen molar-refractivity contribution in [1.29, 1.82) is 0 Å². The highest BCUT2D eigenvalue weighted by atomic mass is 16.7. The zero-order valence-electron chi connectivity index (χ0n) is 8.63. The van der Waals surface area contributed by atoms with Gasteiger partial charge in [-0.2, -0.15) is 0 Å². The lowest BCUT2D eigenvalue weighted by Gasteiger charge is -2.14. The van der Waals surface area contributed by atoms with Crippen molar-refractivity contribution >= 4 is 6.47 Å². The van der Waals surface area contributed by atoms with Gasteiger partial charge in [-0.25, -0.2) is 0 Å². The van der Waals surface area contributed by atoms with Crippen LogP contribution in [0.15, 0.2) is 6.07 Å². The summed E-state index contributed by atoms with van der Waals surface area (Å²) in [5, 5.41) is 19.1. The molecule has 1 heterocycles. The summed E-state index contributed by atoms with van der Waals surface area (Å²) in [4.78, 5) is 15.5. The molecular weight excluding hydrogens is 214 g/mol. The zero-order valence-corrected chi connectivity index (χ0v) is 8.63. The number of ether oxygens (including phenoxy) is 1. The molecule has 0 spiro atoms. The van der Waals surface area contributed by atoms with Gasteiger partial charge < -0.3 is 19.8 Å². The van der Waals surface area contributed by atoms with E-state index in [1.54, 1.807) is 0 Å². The van der Waals surface area contributed by atoms with E-state index >= 15 is 0 Å². The van der Waals surface area contributed by atoms with Crippen LogP contribution < -0.4 is 9.57 Å². The second-order valence-corrected chi connectivity index (χ2v) is 3.71. The van der Waals surface area contributed by atoms with E-state index in [1.165, 1.54) is 0 Å². The van der Waals surface area contributed by atoms with Crippen LogP contribution in [0.4, 0.5) is 0 Å². The van der Waals surface area contributed by atoms with Gasteiger partial charge in [0, 0.05) is 0 Å². The summed E-state index contributed by atoms with van der Waals surface area (Å²) in [5.74, 6) is -0.816. The molecule has 2 N–H and O–H groups in total. The van der Waals surface area contributed by atoms with Crippen LogP contribution in [0, 0.1) is 0 Å². The maximum Gasteiger partial charge on any atom is 0.298 e. The van der Waals surface area contributed by atoms with Crippen LogP contribution in [0.2, 0.25) is 0 Å². The van der Waals surface area contributed by atoms with Gasteiger partial charge in [0.25, 0.3) is 12.4 Å². The molecule has 88 valence electrons. The predicted octanol–water partition coefficient (Wildman–Crippen LogP) is 0.806. The van der Waals surface area contributed by atoms with Crippen molar-refractivity contribution in [3.8, 4) is 17.5 Å². The molecule has 1 aliphatic rings. The Bertz CT molecular complexity index is 381. The standard InChI is InChI=1S/C10H13NO5/c12-6-15-8-5-9(13)11(10(8)14)16-7-3-1-2-4-7/h5-7,13-14H,1-4H2. The maximum atomic E-state index is 10.1. The molecule has 0 saturated heterocycles. The number of aromatic nitrogens is 1. The maximum absolute atomic E-state index is 10.1. The first kappa shape index (κ1) is 10.7. The van der Waals surface area contributed by atoms with Crippen LogP contribution in [-0.4, -0.2) is 27.5 Å². The van der Waals surface area contributed by atoms with Gasteiger partial charge in [-0.3, -0.25) is 4.79 Å². The zero-order chi connectivity index (χ0) is 11.5. The SMILES string of the molecule is O=COc1cc(O)n(OC2CCCC2)c1O. The Morgan fingerprint density at radius 2 is 2.06 bits per heavy atom. The minimum atomic E-state index is -0.406. The van der Waals surface area contributed by atoms with E-state index in [4.69, 9.17) is 4.84 Å². The van der Waals surface area contributed by atoms with E-state index in [-0.39, 0.29) is 24.2 Å². The fourth-order valence-electron chi connectivity index (χ4n) is 1.83. The Balaban J connectivity index is 2.15. The highest BCUT2D eigenvalue weighted by molar-refractivity contribution is 5.50. The Labute approximate surface area is 92.0 Å². The van der Waals surface area contributed by atoms with E-state index in [1.807, 2.05) is 0 Å². The summed E-state index contributed by atoms with van der Waals surface area (Å²) in [5.41, 5.74) is 0. The summed E-state index contributed by atoms with van der Waals surface area (Å²) in [6, 6.07) is 1.12. The Hall–Kier alpha value is -1.85. The van der Waals surface area contributed by atoms with Gasteiger partial charge in [0.15, 0.2) is 5.75 Å². The monoisotopic (exact) mass is 227 g/mol. The molecule has 2 rings (SSSR count). The first-order valence-electron chi connectivity index (χ1n) is 5.13. The van der Waals surface area contributed by atoms with E-state index in [0.29, 0.717) is 0 Å². The van der Waals surface area contributed by atoms with Gasteiger partial charge in [0.2, 0.25) is 5.88 Å². The fourth-order valence-corrected chi connectivity index (χ4v) is 1.83. The third-order valence-electron chi connectivity index (χ3n) is 2.61. The number of hydrogen-bond acceptors (Lipinski definition) is 5. The van der Waals surface area contributed by atoms with Gasteiger partial charge in [-0.05, 0) is 25.7 Å². The molecule has 0 unspecified atom stereocenters. The summed E-state index contributed by atoms with van der Waals surface area (Å²) >= 11 is 0. The van der Waals surface area contributed by atoms with Crippen molar-refractivity contribution in [3.05, 3.63) is 6.07 Å². The number of carbonyl (C=O) groups is 1. The number of nitrogens with zero attached hydrogens (tertiary/aromatic N) is 1. The molecule has 1 aromatic heterocycles. The largest absolute Gasteiger partial charge is 0.492 e. The van der Waals surface area contributed by atoms with Crippen molar-refractivity contribution < 1.29 is 24.6 Å². The average molecular weight is 227 g/mol. The molecule has 16 heavy (non-hydrogen) atoms. The lowest BCUT2D eigenvalue weighted by Crippen LogP contribution is -2.21. The van der Waals surface area contributed by atoms with Gasteiger partial charge in [0.05, 0.1) is 6.07 Å². The van der Waals surface area contributed by atoms with Gasteiger partial charge >= 0.3 is 0 Å². The van der Waals surface area contributed by atoms with Crippen molar-refractivity contribution in [1.82, 2.24) is 4.73 Å². The molecule has 1 saturated carbocycles. The molecule has 1 aliphatic carbocycles. The normalized spacial score (nSPS) is 16.2. The predicted molar refractivity (Wildman–Crippen MR) is 53.3 cm³/mol. The van der Waals surface area contributed by atoms with Gasteiger partial charge in [0.1, 0.15) is 6.10 Å². The first-order valence-corrected chi connectivity index (χ1v) is 5.13. The minimum absolute atomic E-state index is 0.0201. The Kier molecular flexibility index (Phi) is 2.89. The van der Waals surface area contributed by atoms with E-state index in [2.05, 4.69) is 4.74 Å². The highest BCUT2D eigenvalue weighted by Crippen LogP contribution is 2.34. The molecule has 6 nitrogen and oxygen atoms in total. The Morgan fingerprint density at radius 1 is 1.38 bits per heavy atom. The number of hydrogen-bond donors (Lipinski definition) is 2. The van der Waals surface area contributed by atoms with Crippen molar-refractivity contribution in [2.24, 2.45) is 0 Å². The Morgan fingerprint density at radius 3 is 2.69 bits per heavy atom. The van der Waals surface area contributed by atoms with Crippen LogP contribution in [0.3, 0.4) is 0 Å². The molecule has 1 aromatic rings. The number of aromatic hydroxyl groups is 2. The van der Waals surface area contributed by atoms with Crippen molar-refractivity contribution in [2.75, 3.05) is 0 Å². The third-order valence-corrected chi connectivity index (χ3v) is 2.61. The summed E-state index contributed by atoms with van der Waals surface area (Å²) in [6.45, 7) is 0.175. The van der Waals surface area contributed by atoms with Crippen LogP contribution in [0.25, 0.3) is 0 Å². The van der Waals surface area contributed by atoms with Gasteiger partial charge in [-0.1, -0.05) is 0 Å². The first-order chi connectivity index (χ1) is 7.72. The summed E-state index contributed by atoms with van der Waals surface area (Å²) in [7, 11) is 0. The molecule has 0 amide bonds. The topological polar surface area (TPSA) is 80.9 Å². The second kappa shape index (κ2) is 4.34. The van der Waals surface area contributed by atoms with E-state index in [0.717, 1.165) is 36.5 Å². The number of carbonyl (C=O) groups excluding carboxylic acids is 1. The third kappa shape index (κ3) is 1.91. The van der Waals surface area contributed by atoms with E-state index in [9.17, 15) is 15.0 Å². The van der Waals surface area contributed by atoms with Crippen LogP contribution >= 0.6 is 0 Å². The van der Waals surface area contributed by atoms with E-state index < -0.39 is 5.88 Å². The highest BCUT2D eigenvalue weighted by Gasteiger charge is 2.22. The lowest BCUT2D eigenvalue weighted by atomic mass is 10.3. The molecule has 1 fully saturated rings. The molecule has 0 atom stereocenters. The lowest BCUT2D eigenvalue weighted by molar-refractivity contribution is -0.120. The summed E-state index contributed by atoms with van der Waals surface area (Å²) in [6.07, 6.45) is 3.91. The molecule has 0 radical (unpaired) electrons. The molecule has 0 aliphatic heterocycles. The molecule has 0 aromatic carbocycles. The number of rotatable bonds is 4. The second-order valence-electron chi connectivity index (χ2n) is 3.71. The average Bonchev–Trinajstić information content (AvgIpc) is 2.84.